The van der Waals surface area contributed by atoms with Crippen LogP contribution in [0.1, 0.15) is 47.5 Å². The summed E-state index contributed by atoms with van der Waals surface area (Å²) in [7, 11) is 0. The molecule has 5 N–H and O–H groups in total. The number of nitrogens with two attached hydrogens (primary N) is 2. The van der Waals surface area contributed by atoms with Gasteiger partial charge in [0.05, 0.1) is 5.56 Å². The van der Waals surface area contributed by atoms with Crippen LogP contribution in [0.15, 0.2) is 30.3 Å². The topological polar surface area (TPSA) is 98.2 Å². The van der Waals surface area contributed by atoms with Crippen LogP contribution in [0.4, 0.5) is 9.80 Å². The van der Waals surface area contributed by atoms with Crippen LogP contribution in [0, 0.1) is 0 Å². The highest BCUT2D eigenvalue weighted by Crippen LogP contribution is 2.38. The lowest BCUT2D eigenvalue weighted by molar-refractivity contribution is 0.100. The summed E-state index contributed by atoms with van der Waals surface area (Å²) in [5.74, 6) is 0.0829. The van der Waals surface area contributed by atoms with Gasteiger partial charge >= 0.3 is 6.03 Å². The smallest absolute Gasteiger partial charge is 0.317 e. The molecule has 23 heavy (non-hydrogen) atoms. The average Bonchev–Trinajstić information content (AvgIpc) is 3.16. The molecule has 0 aliphatic heterocycles. The van der Waals surface area contributed by atoms with Crippen molar-refractivity contribution in [2.45, 2.75) is 31.6 Å². The summed E-state index contributed by atoms with van der Waals surface area (Å²) in [6, 6.07) is 9.39. The highest BCUT2D eigenvalue weighted by molar-refractivity contribution is 7.20. The number of thiophene rings is 1. The van der Waals surface area contributed by atoms with E-state index in [1.165, 1.54) is 42.6 Å². The first-order chi connectivity index (χ1) is 11.0. The average molecular weight is 329 g/mol. The van der Waals surface area contributed by atoms with Gasteiger partial charge in [-0.05, 0) is 36.0 Å². The third-order valence-electron chi connectivity index (χ3n) is 4.26. The Labute approximate surface area is 138 Å². The van der Waals surface area contributed by atoms with Gasteiger partial charge < -0.3 is 11.5 Å². The van der Waals surface area contributed by atoms with E-state index in [0.717, 1.165) is 10.4 Å². The number of urea groups is 1. The molecule has 1 saturated carbocycles. The van der Waals surface area contributed by atoms with E-state index < -0.39 is 11.9 Å². The van der Waals surface area contributed by atoms with E-state index in [4.69, 9.17) is 11.5 Å². The Kier molecular flexibility index (Phi) is 4.34. The molecular weight excluding hydrogens is 310 g/mol. The van der Waals surface area contributed by atoms with E-state index in [1.807, 2.05) is 0 Å². The fraction of sp³-hybridized carbons (Fsp3) is 0.294. The maximum Gasteiger partial charge on any atom is 0.317 e. The third-order valence-corrected chi connectivity index (χ3v) is 5.36. The molecule has 3 amide bonds. The van der Waals surface area contributed by atoms with Gasteiger partial charge in [-0.25, -0.2) is 4.79 Å². The van der Waals surface area contributed by atoms with Crippen LogP contribution in [0.25, 0.3) is 10.4 Å². The summed E-state index contributed by atoms with van der Waals surface area (Å²) in [6.45, 7) is 0. The van der Waals surface area contributed by atoms with Crippen molar-refractivity contribution < 1.29 is 9.59 Å². The van der Waals surface area contributed by atoms with Crippen molar-refractivity contribution >= 4 is 28.3 Å². The van der Waals surface area contributed by atoms with Crippen molar-refractivity contribution in [1.82, 2.24) is 0 Å². The predicted molar refractivity (Wildman–Crippen MR) is 92.7 cm³/mol. The zero-order chi connectivity index (χ0) is 16.4. The second-order valence-electron chi connectivity index (χ2n) is 5.81. The van der Waals surface area contributed by atoms with Gasteiger partial charge in [-0.15, -0.1) is 11.3 Å². The monoisotopic (exact) mass is 329 g/mol. The molecule has 120 valence electrons. The van der Waals surface area contributed by atoms with Gasteiger partial charge in [-0.3, -0.25) is 10.1 Å². The van der Waals surface area contributed by atoms with Crippen molar-refractivity contribution in [3.8, 4) is 10.4 Å². The van der Waals surface area contributed by atoms with E-state index >= 15 is 0 Å². The Hall–Kier alpha value is -2.34. The van der Waals surface area contributed by atoms with Crippen LogP contribution >= 0.6 is 11.3 Å². The predicted octanol–water partition coefficient (Wildman–Crippen LogP) is 3.66. The van der Waals surface area contributed by atoms with E-state index in [2.05, 4.69) is 29.6 Å². The molecule has 0 saturated heterocycles. The molecule has 5 nitrogen and oxygen atoms in total. The Morgan fingerprint density at radius 1 is 1.09 bits per heavy atom. The Morgan fingerprint density at radius 3 is 2.30 bits per heavy atom. The van der Waals surface area contributed by atoms with Crippen molar-refractivity contribution in [2.75, 3.05) is 5.32 Å². The fourth-order valence-electron chi connectivity index (χ4n) is 3.10. The number of carbonyl (C=O) groups excluding carboxylic acids is 2. The maximum atomic E-state index is 11.5. The summed E-state index contributed by atoms with van der Waals surface area (Å²) in [6.07, 6.45) is 5.14. The molecule has 0 unspecified atom stereocenters. The van der Waals surface area contributed by atoms with Crippen LogP contribution in [0.2, 0.25) is 0 Å². The molecule has 0 radical (unpaired) electrons. The first-order valence-electron chi connectivity index (χ1n) is 7.65. The number of nitrogens with one attached hydrogen (secondary N) is 1. The molecule has 1 aromatic carbocycles. The second kappa shape index (κ2) is 6.42. The largest absolute Gasteiger partial charge is 0.366 e. The molecule has 6 heteroatoms. The summed E-state index contributed by atoms with van der Waals surface area (Å²) in [4.78, 5) is 23.4. The van der Waals surface area contributed by atoms with Crippen LogP contribution < -0.4 is 16.8 Å². The number of hydrogen-bond donors (Lipinski definition) is 3. The Morgan fingerprint density at radius 2 is 1.74 bits per heavy atom. The molecule has 1 aromatic heterocycles. The number of rotatable bonds is 4. The zero-order valence-corrected chi connectivity index (χ0v) is 13.5. The van der Waals surface area contributed by atoms with Gasteiger partial charge in [0.25, 0.3) is 5.91 Å². The number of carbonyl (C=O) groups is 2. The van der Waals surface area contributed by atoms with Gasteiger partial charge in [-0.1, -0.05) is 37.1 Å². The summed E-state index contributed by atoms with van der Waals surface area (Å²) >= 11 is 1.29. The van der Waals surface area contributed by atoms with Crippen molar-refractivity contribution in [3.63, 3.8) is 0 Å². The highest BCUT2D eigenvalue weighted by atomic mass is 32.1. The lowest BCUT2D eigenvalue weighted by Crippen LogP contribution is -2.21. The van der Waals surface area contributed by atoms with Crippen molar-refractivity contribution in [3.05, 3.63) is 41.5 Å². The minimum atomic E-state index is -0.711. The number of benzene rings is 1. The van der Waals surface area contributed by atoms with Gasteiger partial charge in [0, 0.05) is 4.88 Å². The van der Waals surface area contributed by atoms with Crippen LogP contribution in [0.5, 0.6) is 0 Å². The first-order valence-corrected chi connectivity index (χ1v) is 8.46. The van der Waals surface area contributed by atoms with E-state index in [9.17, 15) is 9.59 Å². The molecular formula is C17H19N3O2S. The molecule has 1 aliphatic rings. The molecule has 1 fully saturated rings. The molecule has 0 spiro atoms. The lowest BCUT2D eigenvalue weighted by atomic mass is 9.96. The zero-order valence-electron chi connectivity index (χ0n) is 12.7. The van der Waals surface area contributed by atoms with E-state index in [1.54, 1.807) is 6.07 Å². The standard InChI is InChI=1S/C17H19N3O2S/c18-15(21)13-9-14(23-16(13)20-17(19)22)12-7-5-11(6-8-12)10-3-1-2-4-10/h5-10H,1-4H2,(H2,18,21)(H3,19,20,22). The Balaban J connectivity index is 1.88. The first kappa shape index (κ1) is 15.6. The number of anilines is 1. The quantitative estimate of drug-likeness (QED) is 0.797. The minimum Gasteiger partial charge on any atom is -0.366 e. The number of hydrogen-bond acceptors (Lipinski definition) is 3. The van der Waals surface area contributed by atoms with Gasteiger partial charge in [-0.2, -0.15) is 0 Å². The van der Waals surface area contributed by atoms with Crippen LogP contribution in [-0.4, -0.2) is 11.9 Å². The molecule has 2 aromatic rings. The molecule has 1 aliphatic carbocycles. The minimum absolute atomic E-state index is 0.281. The molecule has 1 heterocycles. The summed E-state index contributed by atoms with van der Waals surface area (Å²) in [5, 5.41) is 2.85. The Bertz CT molecular complexity index is 731. The maximum absolute atomic E-state index is 11.5. The SMILES string of the molecule is NC(=O)Nc1sc(-c2ccc(C3CCCC3)cc2)cc1C(N)=O. The van der Waals surface area contributed by atoms with Gasteiger partial charge in [0.15, 0.2) is 0 Å². The van der Waals surface area contributed by atoms with Crippen molar-refractivity contribution in [1.29, 1.82) is 0 Å². The van der Waals surface area contributed by atoms with Crippen molar-refractivity contribution in [2.24, 2.45) is 11.5 Å². The second-order valence-corrected chi connectivity index (χ2v) is 6.86. The summed E-state index contributed by atoms with van der Waals surface area (Å²) in [5.41, 5.74) is 13.1. The number of amides is 3. The van der Waals surface area contributed by atoms with Gasteiger partial charge in [0.1, 0.15) is 5.00 Å². The van der Waals surface area contributed by atoms with Crippen LogP contribution in [0.3, 0.4) is 0 Å². The number of primary amides is 2. The highest BCUT2D eigenvalue weighted by Gasteiger charge is 2.18. The fourth-order valence-corrected chi connectivity index (χ4v) is 4.17. The third kappa shape index (κ3) is 3.37. The van der Waals surface area contributed by atoms with E-state index in [0.29, 0.717) is 10.9 Å². The van der Waals surface area contributed by atoms with Crippen LogP contribution in [-0.2, 0) is 0 Å². The lowest BCUT2D eigenvalue weighted by Gasteiger charge is -2.09. The normalized spacial score (nSPS) is 14.8. The molecule has 3 rings (SSSR count). The summed E-state index contributed by atoms with van der Waals surface area (Å²) < 4.78 is 0. The van der Waals surface area contributed by atoms with Gasteiger partial charge in [0.2, 0.25) is 0 Å². The van der Waals surface area contributed by atoms with E-state index in [-0.39, 0.29) is 5.56 Å². The molecule has 0 atom stereocenters. The molecule has 0 bridgehead atoms.